The maximum Gasteiger partial charge on any atom is 0.267 e. The lowest BCUT2D eigenvalue weighted by Gasteiger charge is -2.33. The average molecular weight is 478 g/mol. The van der Waals surface area contributed by atoms with Crippen LogP contribution in [0.2, 0.25) is 0 Å². The van der Waals surface area contributed by atoms with Crippen molar-refractivity contribution in [3.05, 3.63) is 24.2 Å². The number of nitrogens with one attached hydrogen (secondary N) is 1. The van der Waals surface area contributed by atoms with E-state index in [1.54, 1.807) is 6.20 Å². The molecule has 1 aliphatic rings. The number of ether oxygens (including phenoxy) is 2. The summed E-state index contributed by atoms with van der Waals surface area (Å²) in [5.74, 6) is 0.689. The fourth-order valence-corrected chi connectivity index (χ4v) is 4.24. The topological polar surface area (TPSA) is 82.3 Å². The fraction of sp³-hybridized carbons (Fsp3) is 0.609. The Morgan fingerprint density at radius 3 is 2.85 bits per heavy atom. The highest BCUT2D eigenvalue weighted by molar-refractivity contribution is 5.83. The molecule has 11 heteroatoms. The first-order valence-electron chi connectivity index (χ1n) is 11.6. The lowest BCUT2D eigenvalue weighted by molar-refractivity contribution is -0.147. The van der Waals surface area contributed by atoms with Gasteiger partial charge in [0.1, 0.15) is 11.2 Å². The smallest absolute Gasteiger partial charge is 0.267 e. The average Bonchev–Trinajstić information content (AvgIpc) is 3.29. The van der Waals surface area contributed by atoms with Crippen molar-refractivity contribution in [1.82, 2.24) is 29.2 Å². The molecule has 0 amide bonds. The van der Waals surface area contributed by atoms with E-state index in [2.05, 4.69) is 25.3 Å². The number of alkyl halides is 2. The summed E-state index contributed by atoms with van der Waals surface area (Å²) in [5.41, 5.74) is 1.10. The van der Waals surface area contributed by atoms with Crippen molar-refractivity contribution < 1.29 is 18.3 Å². The maximum atomic E-state index is 13.5. The third-order valence-corrected chi connectivity index (χ3v) is 6.71. The predicted octanol–water partition coefficient (Wildman–Crippen LogP) is 3.61. The van der Waals surface area contributed by atoms with Crippen molar-refractivity contribution in [3.8, 4) is 5.88 Å². The fourth-order valence-electron chi connectivity index (χ4n) is 4.24. The Bertz CT molecular complexity index is 1130. The number of fused-ring (bicyclic) bond motifs is 1. The summed E-state index contributed by atoms with van der Waals surface area (Å²) in [4.78, 5) is 11.3. The summed E-state index contributed by atoms with van der Waals surface area (Å²) in [7, 11) is 1.93. The molecule has 1 fully saturated rings. The first kappa shape index (κ1) is 24.3. The maximum absolute atomic E-state index is 13.5. The van der Waals surface area contributed by atoms with Crippen LogP contribution in [-0.4, -0.2) is 74.1 Å². The Kier molecular flexibility index (Phi) is 7.04. The van der Waals surface area contributed by atoms with E-state index < -0.39 is 12.0 Å². The van der Waals surface area contributed by atoms with Gasteiger partial charge in [-0.15, -0.1) is 0 Å². The Balaban J connectivity index is 1.44. The largest absolute Gasteiger partial charge is 0.477 e. The molecule has 2 atom stereocenters. The van der Waals surface area contributed by atoms with Crippen LogP contribution < -0.4 is 10.1 Å². The molecule has 0 bridgehead atoms. The van der Waals surface area contributed by atoms with Crippen molar-refractivity contribution in [2.75, 3.05) is 38.2 Å². The molecular formula is C23H33F2N7O2. The zero-order valence-corrected chi connectivity index (χ0v) is 20.4. The molecule has 4 rings (SSSR count). The van der Waals surface area contributed by atoms with Crippen molar-refractivity contribution in [2.24, 2.45) is 13.0 Å². The summed E-state index contributed by atoms with van der Waals surface area (Å²) in [6, 6.07) is 1.94. The number of rotatable bonds is 8. The van der Waals surface area contributed by atoms with Crippen LogP contribution in [0.5, 0.6) is 5.88 Å². The Labute approximate surface area is 198 Å². The highest BCUT2D eigenvalue weighted by Crippen LogP contribution is 2.32. The van der Waals surface area contributed by atoms with Crippen LogP contribution in [0.1, 0.15) is 26.5 Å². The van der Waals surface area contributed by atoms with E-state index in [0.29, 0.717) is 44.6 Å². The molecule has 1 saturated heterocycles. The lowest BCUT2D eigenvalue weighted by atomic mass is 9.90. The van der Waals surface area contributed by atoms with E-state index in [-0.39, 0.29) is 12.5 Å². The van der Waals surface area contributed by atoms with Crippen LogP contribution in [0.3, 0.4) is 0 Å². The van der Waals surface area contributed by atoms with Crippen LogP contribution in [0.25, 0.3) is 11.0 Å². The van der Waals surface area contributed by atoms with E-state index in [9.17, 15) is 8.78 Å². The third kappa shape index (κ3) is 4.72. The third-order valence-electron chi connectivity index (χ3n) is 6.71. The minimum Gasteiger partial charge on any atom is -0.477 e. The van der Waals surface area contributed by atoms with Gasteiger partial charge in [-0.2, -0.15) is 15.1 Å². The Morgan fingerprint density at radius 1 is 1.32 bits per heavy atom. The summed E-state index contributed by atoms with van der Waals surface area (Å²) in [5, 5.41) is 8.63. The van der Waals surface area contributed by atoms with Gasteiger partial charge in [0.05, 0.1) is 42.7 Å². The number of hydrogen-bond donors (Lipinski definition) is 1. The molecule has 9 nitrogen and oxygen atoms in total. The summed E-state index contributed by atoms with van der Waals surface area (Å²) < 4.78 is 42.1. The van der Waals surface area contributed by atoms with Gasteiger partial charge in [0.25, 0.3) is 6.43 Å². The van der Waals surface area contributed by atoms with E-state index in [4.69, 9.17) is 9.47 Å². The van der Waals surface area contributed by atoms with Crippen LogP contribution in [-0.2, 0) is 18.3 Å². The molecule has 34 heavy (non-hydrogen) atoms. The normalized spacial score (nSPS) is 21.8. The minimum absolute atomic E-state index is 0.282. The quantitative estimate of drug-likeness (QED) is 0.531. The number of nitrogens with zero attached hydrogens (tertiary/aromatic N) is 6. The standard InChI is InChI=1S/C23H33F2N7O2/c1-6-33-20-17-7-8-30(5)19(17)28-22(29-20)27-18-13-26-32(16(18)3)10-9-31-11-12-34-23(4,21(24)25)15(2)14-31/h7-8,13,15,21H,6,9-12,14H2,1-5H3,(H,27,28,29)/t15?,23-/m1/s1. The molecule has 4 heterocycles. The number of aromatic nitrogens is 5. The zero-order valence-electron chi connectivity index (χ0n) is 20.4. The van der Waals surface area contributed by atoms with Crippen molar-refractivity contribution >= 4 is 22.7 Å². The van der Waals surface area contributed by atoms with Crippen molar-refractivity contribution in [1.29, 1.82) is 0 Å². The number of halogens is 2. The van der Waals surface area contributed by atoms with Crippen LogP contribution in [0.15, 0.2) is 18.5 Å². The highest BCUT2D eigenvalue weighted by Gasteiger charge is 2.43. The van der Waals surface area contributed by atoms with Gasteiger partial charge >= 0.3 is 0 Å². The monoisotopic (exact) mass is 477 g/mol. The van der Waals surface area contributed by atoms with Crippen LogP contribution in [0, 0.1) is 12.8 Å². The number of hydrogen-bond acceptors (Lipinski definition) is 7. The van der Waals surface area contributed by atoms with Gasteiger partial charge in [0.2, 0.25) is 11.8 Å². The van der Waals surface area contributed by atoms with E-state index in [1.165, 1.54) is 6.92 Å². The summed E-state index contributed by atoms with van der Waals surface area (Å²) in [6.07, 6.45) is 1.16. The van der Waals surface area contributed by atoms with E-state index >= 15 is 0 Å². The molecule has 0 radical (unpaired) electrons. The number of anilines is 2. The molecule has 3 aromatic heterocycles. The Hall–Kier alpha value is -2.79. The second-order valence-corrected chi connectivity index (χ2v) is 8.98. The molecular weight excluding hydrogens is 444 g/mol. The predicted molar refractivity (Wildman–Crippen MR) is 126 cm³/mol. The first-order valence-corrected chi connectivity index (χ1v) is 11.6. The first-order chi connectivity index (χ1) is 16.2. The number of aryl methyl sites for hydroxylation is 1. The van der Waals surface area contributed by atoms with Gasteiger partial charge in [0.15, 0.2) is 0 Å². The molecule has 1 N–H and O–H groups in total. The van der Waals surface area contributed by atoms with Crippen LogP contribution in [0.4, 0.5) is 20.4 Å². The molecule has 0 saturated carbocycles. The SMILES string of the molecule is CCOc1nc(Nc2cnn(CCN3CCO[C@@](C)(C(F)F)C(C)C3)c2C)nc2c1ccn2C. The molecule has 0 aliphatic carbocycles. The zero-order chi connectivity index (χ0) is 24.5. The highest BCUT2D eigenvalue weighted by atomic mass is 19.3. The molecule has 3 aromatic rings. The van der Waals surface area contributed by atoms with E-state index in [0.717, 1.165) is 22.4 Å². The van der Waals surface area contributed by atoms with E-state index in [1.807, 2.05) is 49.3 Å². The molecule has 0 spiro atoms. The molecule has 1 unspecified atom stereocenters. The second kappa shape index (κ2) is 9.83. The van der Waals surface area contributed by atoms with Gasteiger partial charge in [0, 0.05) is 38.8 Å². The second-order valence-electron chi connectivity index (χ2n) is 8.98. The van der Waals surface area contributed by atoms with Gasteiger partial charge in [-0.1, -0.05) is 6.92 Å². The molecule has 186 valence electrons. The van der Waals surface area contributed by atoms with Gasteiger partial charge in [-0.3, -0.25) is 9.58 Å². The van der Waals surface area contributed by atoms with Crippen molar-refractivity contribution in [3.63, 3.8) is 0 Å². The lowest BCUT2D eigenvalue weighted by Crippen LogP contribution is -2.45. The summed E-state index contributed by atoms with van der Waals surface area (Å²) in [6.45, 7) is 10.5. The van der Waals surface area contributed by atoms with Gasteiger partial charge < -0.3 is 19.4 Å². The molecule has 0 aromatic carbocycles. The Morgan fingerprint density at radius 2 is 2.12 bits per heavy atom. The minimum atomic E-state index is -2.51. The van der Waals surface area contributed by atoms with Crippen molar-refractivity contribution in [2.45, 2.75) is 46.3 Å². The summed E-state index contributed by atoms with van der Waals surface area (Å²) >= 11 is 0. The van der Waals surface area contributed by atoms with Crippen LogP contribution >= 0.6 is 0 Å². The molecule has 1 aliphatic heterocycles. The van der Waals surface area contributed by atoms with Gasteiger partial charge in [-0.05, 0) is 26.8 Å². The van der Waals surface area contributed by atoms with Gasteiger partial charge in [-0.25, -0.2) is 8.78 Å².